The molecule has 0 atom stereocenters. The van der Waals surface area contributed by atoms with E-state index >= 15 is 0 Å². The Morgan fingerprint density at radius 1 is 1.08 bits per heavy atom. The Balaban J connectivity index is 1.79. The van der Waals surface area contributed by atoms with Crippen LogP contribution < -0.4 is 9.47 Å². The standard InChI is InChI=1S/C21H21NO3S/c1-21(2,3)22-11-14-9-18-19(25-13-24-18)10-16(14)17(20(22)23)12-26-15-7-5-4-6-8-15/h4-10,12H,11,13H2,1-3H3/b17-12-. The molecule has 2 heterocycles. The Morgan fingerprint density at radius 3 is 2.46 bits per heavy atom. The minimum Gasteiger partial charge on any atom is -0.454 e. The van der Waals surface area contributed by atoms with E-state index in [2.05, 4.69) is 20.8 Å². The van der Waals surface area contributed by atoms with E-state index in [-0.39, 0.29) is 18.2 Å². The molecule has 134 valence electrons. The second-order valence-corrected chi connectivity index (χ2v) is 8.33. The minimum absolute atomic E-state index is 0.0484. The molecule has 0 spiro atoms. The molecule has 1 amide bonds. The van der Waals surface area contributed by atoms with Crippen LogP contribution in [0.2, 0.25) is 0 Å². The maximum absolute atomic E-state index is 13.2. The average molecular weight is 367 g/mol. The zero-order valence-corrected chi connectivity index (χ0v) is 15.9. The molecule has 0 bridgehead atoms. The number of rotatable bonds is 2. The Bertz CT molecular complexity index is 884. The van der Waals surface area contributed by atoms with Crippen LogP contribution in [0.5, 0.6) is 11.5 Å². The molecule has 0 unspecified atom stereocenters. The molecule has 0 aromatic heterocycles. The SMILES string of the molecule is CC(C)(C)N1Cc2cc3c(cc2/C(=C/Sc2ccccc2)C1=O)OCO3. The molecule has 2 aromatic carbocycles. The van der Waals surface area contributed by atoms with Crippen LogP contribution in [0, 0.1) is 0 Å². The van der Waals surface area contributed by atoms with Crippen LogP contribution in [0.15, 0.2) is 52.8 Å². The lowest BCUT2D eigenvalue weighted by molar-refractivity contribution is -0.130. The fraction of sp³-hybridized carbons (Fsp3) is 0.286. The number of thioether (sulfide) groups is 1. The van der Waals surface area contributed by atoms with Crippen molar-refractivity contribution in [3.05, 3.63) is 59.0 Å². The first-order valence-electron chi connectivity index (χ1n) is 8.60. The molecule has 4 nitrogen and oxygen atoms in total. The van der Waals surface area contributed by atoms with E-state index in [1.54, 1.807) is 11.8 Å². The first-order valence-corrected chi connectivity index (χ1v) is 9.48. The molecule has 0 aliphatic carbocycles. The lowest BCUT2D eigenvalue weighted by atomic mass is 9.91. The third-order valence-corrected chi connectivity index (χ3v) is 5.46. The summed E-state index contributed by atoms with van der Waals surface area (Å²) in [6, 6.07) is 14.0. The van der Waals surface area contributed by atoms with E-state index in [1.807, 2.05) is 52.8 Å². The van der Waals surface area contributed by atoms with Gasteiger partial charge in [-0.25, -0.2) is 0 Å². The van der Waals surface area contributed by atoms with Gasteiger partial charge in [0.15, 0.2) is 11.5 Å². The van der Waals surface area contributed by atoms with Crippen molar-refractivity contribution in [1.82, 2.24) is 4.90 Å². The number of carbonyl (C=O) groups excluding carboxylic acids is 1. The van der Waals surface area contributed by atoms with E-state index < -0.39 is 0 Å². The van der Waals surface area contributed by atoms with Crippen molar-refractivity contribution >= 4 is 23.2 Å². The molecular weight excluding hydrogens is 346 g/mol. The van der Waals surface area contributed by atoms with E-state index in [0.29, 0.717) is 17.9 Å². The normalized spacial score (nSPS) is 17.6. The summed E-state index contributed by atoms with van der Waals surface area (Å²) in [7, 11) is 0. The van der Waals surface area contributed by atoms with Gasteiger partial charge in [0.25, 0.3) is 5.91 Å². The van der Waals surface area contributed by atoms with Crippen molar-refractivity contribution in [3.63, 3.8) is 0 Å². The van der Waals surface area contributed by atoms with Crippen molar-refractivity contribution in [1.29, 1.82) is 0 Å². The molecule has 26 heavy (non-hydrogen) atoms. The van der Waals surface area contributed by atoms with Crippen LogP contribution in [0.3, 0.4) is 0 Å². The zero-order valence-electron chi connectivity index (χ0n) is 15.1. The average Bonchev–Trinajstić information content (AvgIpc) is 3.06. The smallest absolute Gasteiger partial charge is 0.255 e. The largest absolute Gasteiger partial charge is 0.454 e. The van der Waals surface area contributed by atoms with E-state index in [4.69, 9.17) is 9.47 Å². The molecule has 0 fully saturated rings. The van der Waals surface area contributed by atoms with Gasteiger partial charge in [-0.3, -0.25) is 4.79 Å². The predicted molar refractivity (Wildman–Crippen MR) is 103 cm³/mol. The monoisotopic (exact) mass is 367 g/mol. The highest BCUT2D eigenvalue weighted by molar-refractivity contribution is 8.02. The fourth-order valence-electron chi connectivity index (χ4n) is 3.15. The highest BCUT2D eigenvalue weighted by atomic mass is 32.2. The van der Waals surface area contributed by atoms with E-state index in [9.17, 15) is 4.79 Å². The first kappa shape index (κ1) is 17.0. The van der Waals surface area contributed by atoms with Crippen molar-refractivity contribution in [2.24, 2.45) is 0 Å². The second kappa shape index (κ2) is 6.40. The van der Waals surface area contributed by atoms with E-state index in [1.165, 1.54) is 0 Å². The number of hydrogen-bond acceptors (Lipinski definition) is 4. The summed E-state index contributed by atoms with van der Waals surface area (Å²) in [5.41, 5.74) is 2.46. The summed E-state index contributed by atoms with van der Waals surface area (Å²) in [6.45, 7) is 6.98. The summed E-state index contributed by atoms with van der Waals surface area (Å²) in [5.74, 6) is 1.51. The summed E-state index contributed by atoms with van der Waals surface area (Å²) in [4.78, 5) is 16.2. The molecule has 4 rings (SSSR count). The third-order valence-electron chi connectivity index (χ3n) is 4.56. The number of ether oxygens (including phenoxy) is 2. The highest BCUT2D eigenvalue weighted by Gasteiger charge is 2.36. The topological polar surface area (TPSA) is 38.8 Å². The van der Waals surface area contributed by atoms with Crippen LogP contribution in [0.4, 0.5) is 0 Å². The van der Waals surface area contributed by atoms with Crippen molar-refractivity contribution in [2.45, 2.75) is 37.8 Å². The van der Waals surface area contributed by atoms with Gasteiger partial charge in [-0.2, -0.15) is 0 Å². The van der Waals surface area contributed by atoms with Gasteiger partial charge in [0.05, 0.1) is 5.57 Å². The summed E-state index contributed by atoms with van der Waals surface area (Å²) < 4.78 is 11.1. The number of carbonyl (C=O) groups is 1. The lowest BCUT2D eigenvalue weighted by Crippen LogP contribution is -2.47. The lowest BCUT2D eigenvalue weighted by Gasteiger charge is -2.40. The molecule has 2 aromatic rings. The van der Waals surface area contributed by atoms with Crippen LogP contribution >= 0.6 is 11.8 Å². The maximum Gasteiger partial charge on any atom is 0.255 e. The van der Waals surface area contributed by atoms with Crippen LogP contribution in [-0.2, 0) is 11.3 Å². The van der Waals surface area contributed by atoms with Crippen LogP contribution in [0.1, 0.15) is 31.9 Å². The van der Waals surface area contributed by atoms with Crippen LogP contribution in [0.25, 0.3) is 5.57 Å². The van der Waals surface area contributed by atoms with Gasteiger partial charge in [0, 0.05) is 17.0 Å². The maximum atomic E-state index is 13.2. The van der Waals surface area contributed by atoms with Gasteiger partial charge in [0.1, 0.15) is 0 Å². The van der Waals surface area contributed by atoms with E-state index in [0.717, 1.165) is 21.8 Å². The number of hydrogen-bond donors (Lipinski definition) is 0. The van der Waals surface area contributed by atoms with Gasteiger partial charge in [-0.1, -0.05) is 30.0 Å². The predicted octanol–water partition coefficient (Wildman–Crippen LogP) is 4.69. The third kappa shape index (κ3) is 3.07. The second-order valence-electron chi connectivity index (χ2n) is 7.39. The van der Waals surface area contributed by atoms with Gasteiger partial charge in [-0.05, 0) is 61.6 Å². The minimum atomic E-state index is -0.262. The summed E-state index contributed by atoms with van der Waals surface area (Å²) >= 11 is 1.56. The number of amides is 1. The Kier molecular flexibility index (Phi) is 4.19. The first-order chi connectivity index (χ1) is 12.4. The zero-order chi connectivity index (χ0) is 18.3. The molecule has 0 saturated carbocycles. The molecule has 0 radical (unpaired) electrons. The van der Waals surface area contributed by atoms with Crippen molar-refractivity contribution < 1.29 is 14.3 Å². The Labute approximate surface area is 157 Å². The molecule has 0 N–H and O–H groups in total. The van der Waals surface area contributed by atoms with Crippen molar-refractivity contribution in [3.8, 4) is 11.5 Å². The highest BCUT2D eigenvalue weighted by Crippen LogP contribution is 2.42. The van der Waals surface area contributed by atoms with Gasteiger partial charge in [-0.15, -0.1) is 0 Å². The molecule has 0 saturated heterocycles. The molecule has 5 heteroatoms. The molecule has 2 aliphatic heterocycles. The van der Waals surface area contributed by atoms with Crippen LogP contribution in [-0.4, -0.2) is 23.1 Å². The Hall–Kier alpha value is -2.40. The molecular formula is C21H21NO3S. The quantitative estimate of drug-likeness (QED) is 0.570. The van der Waals surface area contributed by atoms with Gasteiger partial charge < -0.3 is 14.4 Å². The number of nitrogens with zero attached hydrogens (tertiary/aromatic N) is 1. The number of benzene rings is 2. The summed E-state index contributed by atoms with van der Waals surface area (Å²) in [5, 5.41) is 1.95. The van der Waals surface area contributed by atoms with Gasteiger partial charge >= 0.3 is 0 Å². The fourth-order valence-corrected chi connectivity index (χ4v) is 3.95. The summed E-state index contributed by atoms with van der Waals surface area (Å²) in [6.07, 6.45) is 0. The number of fused-ring (bicyclic) bond motifs is 2. The van der Waals surface area contributed by atoms with Crippen molar-refractivity contribution in [2.75, 3.05) is 6.79 Å². The molecule has 2 aliphatic rings. The Morgan fingerprint density at radius 2 is 1.77 bits per heavy atom. The van der Waals surface area contributed by atoms with Gasteiger partial charge in [0.2, 0.25) is 6.79 Å².